The lowest BCUT2D eigenvalue weighted by molar-refractivity contribution is -0.133. The summed E-state index contributed by atoms with van der Waals surface area (Å²) in [6, 6.07) is 15.6. The summed E-state index contributed by atoms with van der Waals surface area (Å²) in [4.78, 5) is 37.8. The lowest BCUT2D eigenvalue weighted by Crippen LogP contribution is -2.36. The van der Waals surface area contributed by atoms with E-state index in [1.165, 1.54) is 7.11 Å². The number of nitrogens with zero attached hydrogens (tertiary/aromatic N) is 1. The van der Waals surface area contributed by atoms with Crippen molar-refractivity contribution in [3.63, 3.8) is 0 Å². The van der Waals surface area contributed by atoms with Gasteiger partial charge in [-0.1, -0.05) is 30.3 Å². The van der Waals surface area contributed by atoms with Gasteiger partial charge in [0, 0.05) is 18.5 Å². The van der Waals surface area contributed by atoms with Crippen molar-refractivity contribution < 1.29 is 28.6 Å². The quantitative estimate of drug-likeness (QED) is 0.595. The largest absolute Gasteiger partial charge is 0.509 e. The SMILES string of the molecule is COc1ccc(C(=O)N2CC[C@@H](OC(=O)OCc3ccccc3)C2=O)cc1. The molecular weight excluding hydrogens is 350 g/mol. The molecule has 0 aliphatic carbocycles. The molecule has 2 amide bonds. The smallest absolute Gasteiger partial charge is 0.497 e. The maximum absolute atomic E-state index is 12.5. The molecule has 1 heterocycles. The first-order valence-electron chi connectivity index (χ1n) is 8.45. The molecule has 3 rings (SSSR count). The van der Waals surface area contributed by atoms with Crippen LogP contribution in [0.1, 0.15) is 22.3 Å². The molecule has 1 atom stereocenters. The minimum atomic E-state index is -1.02. The molecule has 1 aliphatic heterocycles. The van der Waals surface area contributed by atoms with E-state index in [0.29, 0.717) is 11.3 Å². The number of imide groups is 1. The van der Waals surface area contributed by atoms with Gasteiger partial charge in [-0.15, -0.1) is 0 Å². The minimum Gasteiger partial charge on any atom is -0.497 e. The number of hydrogen-bond donors (Lipinski definition) is 0. The molecule has 0 spiro atoms. The van der Waals surface area contributed by atoms with Crippen LogP contribution in [0, 0.1) is 0 Å². The number of rotatable bonds is 5. The highest BCUT2D eigenvalue weighted by Gasteiger charge is 2.38. The standard InChI is InChI=1S/C20H19NO6/c1-25-16-9-7-15(8-10-16)18(22)21-12-11-17(19(21)23)27-20(24)26-13-14-5-3-2-4-6-14/h2-10,17H,11-13H2,1H3/t17-/m1/s1. The molecule has 2 aromatic rings. The summed E-state index contributed by atoms with van der Waals surface area (Å²) in [6.45, 7) is 0.232. The van der Waals surface area contributed by atoms with Gasteiger partial charge in [-0.25, -0.2) is 4.79 Å². The van der Waals surface area contributed by atoms with Crippen molar-refractivity contribution in [1.82, 2.24) is 4.90 Å². The van der Waals surface area contributed by atoms with Crippen molar-refractivity contribution in [1.29, 1.82) is 0 Å². The van der Waals surface area contributed by atoms with Crippen molar-refractivity contribution in [2.24, 2.45) is 0 Å². The highest BCUT2D eigenvalue weighted by Crippen LogP contribution is 2.20. The van der Waals surface area contributed by atoms with Crippen LogP contribution >= 0.6 is 0 Å². The van der Waals surface area contributed by atoms with Crippen molar-refractivity contribution in [3.8, 4) is 5.75 Å². The monoisotopic (exact) mass is 369 g/mol. The summed E-state index contributed by atoms with van der Waals surface area (Å²) in [5, 5.41) is 0. The van der Waals surface area contributed by atoms with Gasteiger partial charge < -0.3 is 14.2 Å². The Morgan fingerprint density at radius 3 is 2.44 bits per heavy atom. The Balaban J connectivity index is 1.54. The van der Waals surface area contributed by atoms with E-state index in [4.69, 9.17) is 14.2 Å². The fraction of sp³-hybridized carbons (Fsp3) is 0.250. The number of methoxy groups -OCH3 is 1. The fourth-order valence-electron chi connectivity index (χ4n) is 2.72. The number of carbonyl (C=O) groups excluding carboxylic acids is 3. The molecule has 0 bridgehead atoms. The van der Waals surface area contributed by atoms with Crippen LogP contribution < -0.4 is 4.74 Å². The maximum atomic E-state index is 12.5. The zero-order valence-electron chi connectivity index (χ0n) is 14.8. The van der Waals surface area contributed by atoms with Crippen molar-refractivity contribution in [2.75, 3.05) is 13.7 Å². The Kier molecular flexibility index (Phi) is 5.71. The van der Waals surface area contributed by atoms with Gasteiger partial charge in [-0.2, -0.15) is 0 Å². The minimum absolute atomic E-state index is 0.0507. The van der Waals surface area contributed by atoms with Crippen LogP contribution in [-0.4, -0.2) is 42.6 Å². The lowest BCUT2D eigenvalue weighted by Gasteiger charge is -2.15. The predicted octanol–water partition coefficient (Wildman–Crippen LogP) is 2.79. The van der Waals surface area contributed by atoms with Gasteiger partial charge in [-0.3, -0.25) is 14.5 Å². The molecule has 1 saturated heterocycles. The first kappa shape index (κ1) is 18.4. The number of likely N-dealkylation sites (tertiary alicyclic amines) is 1. The Bertz CT molecular complexity index is 818. The summed E-state index contributed by atoms with van der Waals surface area (Å²) in [5.41, 5.74) is 1.17. The van der Waals surface area contributed by atoms with Crippen LogP contribution in [0.5, 0.6) is 5.75 Å². The zero-order chi connectivity index (χ0) is 19.2. The van der Waals surface area contributed by atoms with E-state index in [1.54, 1.807) is 24.3 Å². The van der Waals surface area contributed by atoms with E-state index >= 15 is 0 Å². The Labute approximate surface area is 156 Å². The summed E-state index contributed by atoms with van der Waals surface area (Å²) >= 11 is 0. The Morgan fingerprint density at radius 2 is 1.78 bits per heavy atom. The topological polar surface area (TPSA) is 82.1 Å². The molecule has 0 radical (unpaired) electrons. The van der Waals surface area contributed by atoms with Gasteiger partial charge in [0.15, 0.2) is 6.10 Å². The molecule has 1 fully saturated rings. The molecule has 7 heteroatoms. The molecule has 1 aliphatic rings. The molecule has 27 heavy (non-hydrogen) atoms. The van der Waals surface area contributed by atoms with E-state index in [-0.39, 0.29) is 19.6 Å². The van der Waals surface area contributed by atoms with Crippen LogP contribution in [0.25, 0.3) is 0 Å². The summed E-state index contributed by atoms with van der Waals surface area (Å²) in [6.07, 6.45) is -1.72. The van der Waals surface area contributed by atoms with Crippen LogP contribution in [0.15, 0.2) is 54.6 Å². The van der Waals surface area contributed by atoms with Gasteiger partial charge in [0.1, 0.15) is 12.4 Å². The molecule has 2 aromatic carbocycles. The molecule has 0 saturated carbocycles. The number of carbonyl (C=O) groups is 3. The maximum Gasteiger partial charge on any atom is 0.509 e. The summed E-state index contributed by atoms with van der Waals surface area (Å²) in [7, 11) is 1.53. The molecule has 0 unspecified atom stereocenters. The highest BCUT2D eigenvalue weighted by molar-refractivity contribution is 6.07. The van der Waals surface area contributed by atoms with E-state index in [1.807, 2.05) is 30.3 Å². The fourth-order valence-corrected chi connectivity index (χ4v) is 2.72. The number of hydrogen-bond acceptors (Lipinski definition) is 6. The second-order valence-electron chi connectivity index (χ2n) is 5.94. The lowest BCUT2D eigenvalue weighted by atomic mass is 10.2. The Hall–Kier alpha value is -3.35. The van der Waals surface area contributed by atoms with Crippen molar-refractivity contribution in [2.45, 2.75) is 19.1 Å². The van der Waals surface area contributed by atoms with Gasteiger partial charge in [0.2, 0.25) is 0 Å². The van der Waals surface area contributed by atoms with E-state index < -0.39 is 24.1 Å². The van der Waals surface area contributed by atoms with Crippen molar-refractivity contribution >= 4 is 18.0 Å². The molecule has 7 nitrogen and oxygen atoms in total. The van der Waals surface area contributed by atoms with E-state index in [0.717, 1.165) is 10.5 Å². The summed E-state index contributed by atoms with van der Waals surface area (Å²) in [5.74, 6) is -0.374. The van der Waals surface area contributed by atoms with Gasteiger partial charge in [0.25, 0.3) is 11.8 Å². The van der Waals surface area contributed by atoms with Crippen LogP contribution in [-0.2, 0) is 20.9 Å². The first-order chi connectivity index (χ1) is 13.1. The normalized spacial score (nSPS) is 16.1. The van der Waals surface area contributed by atoms with E-state index in [2.05, 4.69) is 0 Å². The molecule has 0 N–H and O–H groups in total. The van der Waals surface area contributed by atoms with Crippen molar-refractivity contribution in [3.05, 3.63) is 65.7 Å². The summed E-state index contributed by atoms with van der Waals surface area (Å²) < 4.78 is 15.1. The molecular formula is C20H19NO6. The third-order valence-corrected chi connectivity index (χ3v) is 4.18. The third-order valence-electron chi connectivity index (χ3n) is 4.18. The van der Waals surface area contributed by atoms with Gasteiger partial charge in [-0.05, 0) is 29.8 Å². The van der Waals surface area contributed by atoms with E-state index in [9.17, 15) is 14.4 Å². The average molecular weight is 369 g/mol. The highest BCUT2D eigenvalue weighted by atomic mass is 16.7. The Morgan fingerprint density at radius 1 is 1.07 bits per heavy atom. The third kappa shape index (κ3) is 4.44. The number of amides is 2. The van der Waals surface area contributed by atoms with Crippen LogP contribution in [0.4, 0.5) is 4.79 Å². The number of ether oxygens (including phenoxy) is 3. The van der Waals surface area contributed by atoms with Crippen LogP contribution in [0.2, 0.25) is 0 Å². The zero-order valence-corrected chi connectivity index (χ0v) is 14.8. The average Bonchev–Trinajstić information content (AvgIpc) is 3.07. The first-order valence-corrected chi connectivity index (χ1v) is 8.45. The van der Waals surface area contributed by atoms with Gasteiger partial charge in [0.05, 0.1) is 7.11 Å². The molecule has 0 aromatic heterocycles. The second kappa shape index (κ2) is 8.35. The van der Waals surface area contributed by atoms with Gasteiger partial charge >= 0.3 is 6.16 Å². The number of benzene rings is 2. The van der Waals surface area contributed by atoms with Crippen LogP contribution in [0.3, 0.4) is 0 Å². The predicted molar refractivity (Wildman–Crippen MR) is 95.2 cm³/mol. The molecule has 140 valence electrons. The second-order valence-corrected chi connectivity index (χ2v) is 5.94.